The largest absolute Gasteiger partial charge is 0.452 e. The zero-order chi connectivity index (χ0) is 7.56. The zero-order valence-electron chi connectivity index (χ0n) is 4.93. The molecule has 1 rings (SSSR count). The van der Waals surface area contributed by atoms with Crippen molar-refractivity contribution in [1.82, 2.24) is 0 Å². The van der Waals surface area contributed by atoms with Crippen LogP contribution in [0.3, 0.4) is 0 Å². The predicted molar refractivity (Wildman–Crippen MR) is 38.8 cm³/mol. The number of ketones is 1. The summed E-state index contributed by atoms with van der Waals surface area (Å²) >= 11 is 10.7. The van der Waals surface area contributed by atoms with E-state index in [1.54, 1.807) is 0 Å². The molecule has 0 amide bonds. The first-order chi connectivity index (χ1) is 4.75. The van der Waals surface area contributed by atoms with Gasteiger partial charge in [0, 0.05) is 0 Å². The molecule has 0 saturated heterocycles. The third kappa shape index (κ3) is 1.33. The summed E-state index contributed by atoms with van der Waals surface area (Å²) in [7, 11) is 0. The Balaban J connectivity index is 2.93. The molecule has 1 heterocycles. The Morgan fingerprint density at radius 2 is 2.40 bits per heavy atom. The summed E-state index contributed by atoms with van der Waals surface area (Å²) in [6, 6.07) is 1.49. The van der Waals surface area contributed by atoms with Gasteiger partial charge in [-0.25, -0.2) is 0 Å². The summed E-state index contributed by atoms with van der Waals surface area (Å²) in [4.78, 5) is 10.8. The maximum absolute atomic E-state index is 10.8. The van der Waals surface area contributed by atoms with Crippen LogP contribution in [0.1, 0.15) is 10.4 Å². The maximum atomic E-state index is 10.8. The lowest BCUT2D eigenvalue weighted by molar-refractivity contribution is 0.102. The van der Waals surface area contributed by atoms with E-state index in [1.165, 1.54) is 12.3 Å². The first-order valence-corrected chi connectivity index (χ1v) is 3.49. The van der Waals surface area contributed by atoms with E-state index in [4.69, 9.17) is 23.2 Å². The molecular weight excluding hydrogens is 175 g/mol. The Labute approximate surface area is 67.7 Å². The lowest BCUT2D eigenvalue weighted by atomic mass is 10.2. The second kappa shape index (κ2) is 3.08. The van der Waals surface area contributed by atoms with E-state index in [2.05, 4.69) is 4.42 Å². The first-order valence-electron chi connectivity index (χ1n) is 2.58. The molecule has 0 aliphatic rings. The summed E-state index contributed by atoms with van der Waals surface area (Å²) in [6.45, 7) is 0. The van der Waals surface area contributed by atoms with Gasteiger partial charge in [-0.15, -0.1) is 11.6 Å². The van der Waals surface area contributed by atoms with Crippen LogP contribution in [-0.4, -0.2) is 11.7 Å². The standard InChI is InChI=1S/C6H4Cl2O2/c7-3-5(9)4-1-2-10-6(4)8/h1-2H,3H2. The molecule has 4 heteroatoms. The van der Waals surface area contributed by atoms with Gasteiger partial charge in [0.2, 0.25) is 5.22 Å². The van der Waals surface area contributed by atoms with Gasteiger partial charge in [-0.1, -0.05) is 0 Å². The number of hydrogen-bond acceptors (Lipinski definition) is 2. The van der Waals surface area contributed by atoms with E-state index in [0.29, 0.717) is 5.56 Å². The smallest absolute Gasteiger partial charge is 0.203 e. The Morgan fingerprint density at radius 3 is 2.80 bits per heavy atom. The number of halogens is 2. The Kier molecular flexibility index (Phi) is 2.35. The average Bonchev–Trinajstić information content (AvgIpc) is 2.34. The SMILES string of the molecule is O=C(CCl)c1ccoc1Cl. The molecule has 0 aromatic carbocycles. The van der Waals surface area contributed by atoms with E-state index in [-0.39, 0.29) is 16.9 Å². The molecule has 0 aliphatic carbocycles. The monoisotopic (exact) mass is 178 g/mol. The van der Waals surface area contributed by atoms with Crippen LogP contribution in [-0.2, 0) is 0 Å². The molecule has 0 radical (unpaired) electrons. The van der Waals surface area contributed by atoms with Gasteiger partial charge in [0.05, 0.1) is 17.7 Å². The van der Waals surface area contributed by atoms with Crippen LogP contribution in [0.2, 0.25) is 5.22 Å². The van der Waals surface area contributed by atoms with Crippen molar-refractivity contribution in [2.75, 3.05) is 5.88 Å². The molecule has 0 N–H and O–H groups in total. The highest BCUT2D eigenvalue weighted by atomic mass is 35.5. The van der Waals surface area contributed by atoms with Crippen LogP contribution in [0, 0.1) is 0 Å². The molecule has 0 fully saturated rings. The predicted octanol–water partition coefficient (Wildman–Crippen LogP) is 2.35. The fraction of sp³-hybridized carbons (Fsp3) is 0.167. The van der Waals surface area contributed by atoms with Crippen LogP contribution in [0.5, 0.6) is 0 Å². The quantitative estimate of drug-likeness (QED) is 0.515. The lowest BCUT2D eigenvalue weighted by Gasteiger charge is -1.88. The van der Waals surface area contributed by atoms with E-state index in [9.17, 15) is 4.79 Å². The van der Waals surface area contributed by atoms with E-state index in [1.807, 2.05) is 0 Å². The van der Waals surface area contributed by atoms with Crippen molar-refractivity contribution in [3.8, 4) is 0 Å². The third-order valence-corrected chi connectivity index (χ3v) is 1.58. The molecule has 10 heavy (non-hydrogen) atoms. The molecule has 0 unspecified atom stereocenters. The van der Waals surface area contributed by atoms with Gasteiger partial charge < -0.3 is 4.42 Å². The number of carbonyl (C=O) groups is 1. The highest BCUT2D eigenvalue weighted by Crippen LogP contribution is 2.17. The summed E-state index contributed by atoms with van der Waals surface area (Å²) in [6.07, 6.45) is 1.35. The van der Waals surface area contributed by atoms with Crippen molar-refractivity contribution in [3.63, 3.8) is 0 Å². The summed E-state index contributed by atoms with van der Waals surface area (Å²) in [5.41, 5.74) is 0.344. The summed E-state index contributed by atoms with van der Waals surface area (Å²) in [5, 5.41) is 0.102. The number of Topliss-reactive ketones (excluding diaryl/α,β-unsaturated/α-hetero) is 1. The second-order valence-electron chi connectivity index (χ2n) is 1.66. The fourth-order valence-corrected chi connectivity index (χ4v) is 0.929. The van der Waals surface area contributed by atoms with Crippen LogP contribution in [0.25, 0.3) is 0 Å². The Hall–Kier alpha value is -0.470. The molecular formula is C6H4Cl2O2. The van der Waals surface area contributed by atoms with Gasteiger partial charge in [-0.2, -0.15) is 0 Å². The van der Waals surface area contributed by atoms with Crippen molar-refractivity contribution in [1.29, 1.82) is 0 Å². The van der Waals surface area contributed by atoms with Crippen molar-refractivity contribution >= 4 is 29.0 Å². The minimum atomic E-state index is -0.222. The minimum absolute atomic E-state index is 0.0702. The number of rotatable bonds is 2. The molecule has 1 aromatic rings. The van der Waals surface area contributed by atoms with E-state index >= 15 is 0 Å². The Morgan fingerprint density at radius 1 is 1.70 bits per heavy atom. The molecule has 1 aromatic heterocycles. The molecule has 0 atom stereocenters. The van der Waals surface area contributed by atoms with Crippen molar-refractivity contribution < 1.29 is 9.21 Å². The number of hydrogen-bond donors (Lipinski definition) is 0. The van der Waals surface area contributed by atoms with Crippen LogP contribution in [0.15, 0.2) is 16.7 Å². The summed E-state index contributed by atoms with van der Waals surface area (Å²) in [5.74, 6) is -0.292. The number of carbonyl (C=O) groups excluding carboxylic acids is 1. The van der Waals surface area contributed by atoms with Gasteiger partial charge in [0.25, 0.3) is 0 Å². The van der Waals surface area contributed by atoms with Gasteiger partial charge in [0.15, 0.2) is 5.78 Å². The zero-order valence-corrected chi connectivity index (χ0v) is 6.45. The van der Waals surface area contributed by atoms with E-state index in [0.717, 1.165) is 0 Å². The minimum Gasteiger partial charge on any atom is -0.452 e. The first kappa shape index (κ1) is 7.63. The molecule has 0 aliphatic heterocycles. The molecule has 2 nitrogen and oxygen atoms in total. The summed E-state index contributed by atoms with van der Waals surface area (Å²) < 4.78 is 4.67. The Bertz CT molecular complexity index is 242. The van der Waals surface area contributed by atoms with Crippen molar-refractivity contribution in [2.45, 2.75) is 0 Å². The highest BCUT2D eigenvalue weighted by molar-refractivity contribution is 6.36. The lowest BCUT2D eigenvalue weighted by Crippen LogP contribution is -1.97. The van der Waals surface area contributed by atoms with E-state index < -0.39 is 0 Å². The van der Waals surface area contributed by atoms with Gasteiger partial charge in [-0.05, 0) is 17.7 Å². The molecule has 54 valence electrons. The van der Waals surface area contributed by atoms with Crippen LogP contribution < -0.4 is 0 Å². The van der Waals surface area contributed by atoms with Crippen molar-refractivity contribution in [3.05, 3.63) is 23.1 Å². The highest BCUT2D eigenvalue weighted by Gasteiger charge is 2.10. The second-order valence-corrected chi connectivity index (χ2v) is 2.28. The molecule has 0 saturated carbocycles. The van der Waals surface area contributed by atoms with Gasteiger partial charge in [-0.3, -0.25) is 4.79 Å². The van der Waals surface area contributed by atoms with Gasteiger partial charge >= 0.3 is 0 Å². The molecule has 0 spiro atoms. The third-order valence-electron chi connectivity index (χ3n) is 1.04. The molecule has 0 bridgehead atoms. The average molecular weight is 179 g/mol. The van der Waals surface area contributed by atoms with Gasteiger partial charge in [0.1, 0.15) is 0 Å². The van der Waals surface area contributed by atoms with Crippen LogP contribution in [0.4, 0.5) is 0 Å². The maximum Gasteiger partial charge on any atom is 0.203 e. The van der Waals surface area contributed by atoms with Crippen LogP contribution >= 0.6 is 23.2 Å². The number of furan rings is 1. The fourth-order valence-electron chi connectivity index (χ4n) is 0.565. The normalized spacial score (nSPS) is 9.80. The number of alkyl halides is 1. The topological polar surface area (TPSA) is 30.2 Å². The van der Waals surface area contributed by atoms with Crippen molar-refractivity contribution in [2.24, 2.45) is 0 Å².